The number of hydrogen-bond donors (Lipinski definition) is 1. The van der Waals surface area contributed by atoms with E-state index in [0.717, 1.165) is 22.7 Å². The van der Waals surface area contributed by atoms with Crippen molar-refractivity contribution in [1.82, 2.24) is 15.3 Å². The molecule has 110 valence electrons. The van der Waals surface area contributed by atoms with Gasteiger partial charge in [0, 0.05) is 49.2 Å². The summed E-state index contributed by atoms with van der Waals surface area (Å²) in [5.74, 6) is 0.713. The summed E-state index contributed by atoms with van der Waals surface area (Å²) in [7, 11) is 1.97. The van der Waals surface area contributed by atoms with Gasteiger partial charge in [-0.15, -0.1) is 0 Å². The second kappa shape index (κ2) is 6.41. The van der Waals surface area contributed by atoms with Crippen LogP contribution in [0.4, 0.5) is 5.95 Å². The van der Waals surface area contributed by atoms with Gasteiger partial charge >= 0.3 is 0 Å². The molecule has 5 heteroatoms. The standard InChI is InChI=1S/C16H19ClN4/c1-21(11-13-4-2-3-5-15(13)17)16-19-9-12(10-20-16)8-18-14-6-7-14/h2-5,9-10,14,18H,6-8,11H2,1H3. The van der Waals surface area contributed by atoms with Crippen molar-refractivity contribution in [3.63, 3.8) is 0 Å². The number of anilines is 1. The van der Waals surface area contributed by atoms with Crippen molar-refractivity contribution < 1.29 is 0 Å². The van der Waals surface area contributed by atoms with Crippen LogP contribution in [0.1, 0.15) is 24.0 Å². The SMILES string of the molecule is CN(Cc1ccccc1Cl)c1ncc(CNC2CC2)cn1. The molecule has 0 unspecified atom stereocenters. The van der Waals surface area contributed by atoms with Crippen molar-refractivity contribution in [3.8, 4) is 0 Å². The highest BCUT2D eigenvalue weighted by atomic mass is 35.5. The van der Waals surface area contributed by atoms with E-state index in [0.29, 0.717) is 18.5 Å². The van der Waals surface area contributed by atoms with Crippen molar-refractivity contribution in [2.75, 3.05) is 11.9 Å². The van der Waals surface area contributed by atoms with Gasteiger partial charge in [0.1, 0.15) is 0 Å². The first kappa shape index (κ1) is 14.3. The van der Waals surface area contributed by atoms with E-state index in [1.165, 1.54) is 12.8 Å². The lowest BCUT2D eigenvalue weighted by Crippen LogP contribution is -2.20. The van der Waals surface area contributed by atoms with Gasteiger partial charge in [-0.1, -0.05) is 29.8 Å². The molecule has 0 spiro atoms. The Morgan fingerprint density at radius 1 is 1.24 bits per heavy atom. The average Bonchev–Trinajstić information content (AvgIpc) is 3.32. The van der Waals surface area contributed by atoms with Gasteiger partial charge < -0.3 is 10.2 Å². The molecule has 1 heterocycles. The highest BCUT2D eigenvalue weighted by Gasteiger charge is 2.20. The quantitative estimate of drug-likeness (QED) is 0.890. The summed E-state index contributed by atoms with van der Waals surface area (Å²) in [5, 5.41) is 4.23. The minimum atomic E-state index is 0.694. The summed E-state index contributed by atoms with van der Waals surface area (Å²) >= 11 is 6.18. The molecule has 1 aromatic carbocycles. The van der Waals surface area contributed by atoms with Crippen LogP contribution in [-0.2, 0) is 13.1 Å². The van der Waals surface area contributed by atoms with Gasteiger partial charge in [0.15, 0.2) is 0 Å². The number of rotatable bonds is 6. The van der Waals surface area contributed by atoms with E-state index < -0.39 is 0 Å². The Kier molecular flexibility index (Phi) is 4.36. The zero-order valence-corrected chi connectivity index (χ0v) is 12.8. The summed E-state index contributed by atoms with van der Waals surface area (Å²) in [5.41, 5.74) is 2.20. The lowest BCUT2D eigenvalue weighted by molar-refractivity contribution is 0.682. The molecule has 4 nitrogen and oxygen atoms in total. The van der Waals surface area contributed by atoms with Crippen LogP contribution in [0.3, 0.4) is 0 Å². The van der Waals surface area contributed by atoms with Crippen LogP contribution in [0.2, 0.25) is 5.02 Å². The smallest absolute Gasteiger partial charge is 0.225 e. The molecule has 1 aliphatic rings. The minimum absolute atomic E-state index is 0.694. The molecule has 3 rings (SSSR count). The second-order valence-corrected chi connectivity index (χ2v) is 5.90. The molecule has 1 aromatic heterocycles. The van der Waals surface area contributed by atoms with Gasteiger partial charge in [-0.3, -0.25) is 0 Å². The number of nitrogens with zero attached hydrogens (tertiary/aromatic N) is 3. The Bertz CT molecular complexity index is 595. The van der Waals surface area contributed by atoms with Crippen molar-refractivity contribution >= 4 is 17.5 Å². The first-order valence-corrected chi connectivity index (χ1v) is 7.59. The molecule has 0 atom stereocenters. The Morgan fingerprint density at radius 2 is 1.95 bits per heavy atom. The fourth-order valence-electron chi connectivity index (χ4n) is 2.14. The molecule has 0 aliphatic heterocycles. The molecular formula is C16H19ClN4. The molecular weight excluding hydrogens is 284 g/mol. The molecule has 1 saturated carbocycles. The number of hydrogen-bond acceptors (Lipinski definition) is 4. The summed E-state index contributed by atoms with van der Waals surface area (Å²) in [6.07, 6.45) is 6.36. The average molecular weight is 303 g/mol. The molecule has 1 aliphatic carbocycles. The van der Waals surface area contributed by atoms with Crippen LogP contribution < -0.4 is 10.2 Å². The van der Waals surface area contributed by atoms with Gasteiger partial charge in [0.25, 0.3) is 0 Å². The van der Waals surface area contributed by atoms with Crippen LogP contribution in [0.5, 0.6) is 0 Å². The van der Waals surface area contributed by atoms with E-state index in [4.69, 9.17) is 11.6 Å². The molecule has 21 heavy (non-hydrogen) atoms. The van der Waals surface area contributed by atoms with E-state index in [2.05, 4.69) is 15.3 Å². The van der Waals surface area contributed by atoms with Crippen molar-refractivity contribution in [3.05, 3.63) is 52.8 Å². The van der Waals surface area contributed by atoms with Crippen LogP contribution in [0, 0.1) is 0 Å². The maximum atomic E-state index is 6.18. The normalized spacial score (nSPS) is 14.2. The minimum Gasteiger partial charge on any atom is -0.340 e. The van der Waals surface area contributed by atoms with Crippen LogP contribution in [-0.4, -0.2) is 23.1 Å². The molecule has 1 fully saturated rings. The first-order valence-electron chi connectivity index (χ1n) is 7.21. The fourth-order valence-corrected chi connectivity index (χ4v) is 2.33. The molecule has 0 saturated heterocycles. The van der Waals surface area contributed by atoms with E-state index in [1.807, 2.05) is 48.6 Å². The Hall–Kier alpha value is -1.65. The van der Waals surface area contributed by atoms with Gasteiger partial charge in [0.05, 0.1) is 0 Å². The van der Waals surface area contributed by atoms with Crippen LogP contribution in [0.25, 0.3) is 0 Å². The highest BCUT2D eigenvalue weighted by Crippen LogP contribution is 2.20. The predicted molar refractivity (Wildman–Crippen MR) is 85.5 cm³/mol. The van der Waals surface area contributed by atoms with Gasteiger partial charge in [-0.2, -0.15) is 0 Å². The maximum Gasteiger partial charge on any atom is 0.225 e. The molecule has 2 aromatic rings. The number of halogens is 1. The highest BCUT2D eigenvalue weighted by molar-refractivity contribution is 6.31. The summed E-state index contributed by atoms with van der Waals surface area (Å²) in [4.78, 5) is 10.9. The third-order valence-electron chi connectivity index (χ3n) is 3.57. The zero-order valence-electron chi connectivity index (χ0n) is 12.1. The predicted octanol–water partition coefficient (Wildman–Crippen LogP) is 3.02. The Morgan fingerprint density at radius 3 is 2.62 bits per heavy atom. The summed E-state index contributed by atoms with van der Waals surface area (Å²) in [6.45, 7) is 1.54. The summed E-state index contributed by atoms with van der Waals surface area (Å²) < 4.78 is 0. The zero-order chi connectivity index (χ0) is 14.7. The van der Waals surface area contributed by atoms with Crippen LogP contribution in [0.15, 0.2) is 36.7 Å². The van der Waals surface area contributed by atoms with Gasteiger partial charge in [-0.05, 0) is 24.5 Å². The van der Waals surface area contributed by atoms with E-state index in [1.54, 1.807) is 0 Å². The lowest BCUT2D eigenvalue weighted by Gasteiger charge is -2.17. The van der Waals surface area contributed by atoms with Gasteiger partial charge in [-0.25, -0.2) is 9.97 Å². The number of benzene rings is 1. The Balaban J connectivity index is 1.61. The fraction of sp³-hybridized carbons (Fsp3) is 0.375. The van der Waals surface area contributed by atoms with E-state index >= 15 is 0 Å². The van der Waals surface area contributed by atoms with Crippen molar-refractivity contribution in [1.29, 1.82) is 0 Å². The number of aromatic nitrogens is 2. The topological polar surface area (TPSA) is 41.1 Å². The van der Waals surface area contributed by atoms with Crippen molar-refractivity contribution in [2.24, 2.45) is 0 Å². The summed E-state index contributed by atoms with van der Waals surface area (Å²) in [6, 6.07) is 8.55. The largest absolute Gasteiger partial charge is 0.340 e. The second-order valence-electron chi connectivity index (χ2n) is 5.49. The maximum absolute atomic E-state index is 6.18. The Labute approximate surface area is 130 Å². The molecule has 0 radical (unpaired) electrons. The van der Waals surface area contributed by atoms with Crippen LogP contribution >= 0.6 is 11.6 Å². The monoisotopic (exact) mass is 302 g/mol. The third kappa shape index (κ3) is 3.93. The third-order valence-corrected chi connectivity index (χ3v) is 3.94. The molecule has 0 bridgehead atoms. The van der Waals surface area contributed by atoms with Gasteiger partial charge in [0.2, 0.25) is 5.95 Å². The molecule has 0 amide bonds. The van der Waals surface area contributed by atoms with E-state index in [9.17, 15) is 0 Å². The first-order chi connectivity index (χ1) is 10.2. The number of nitrogens with one attached hydrogen (secondary N) is 1. The molecule has 1 N–H and O–H groups in total. The lowest BCUT2D eigenvalue weighted by atomic mass is 10.2. The van der Waals surface area contributed by atoms with Crippen molar-refractivity contribution in [2.45, 2.75) is 32.0 Å². The van der Waals surface area contributed by atoms with E-state index in [-0.39, 0.29) is 0 Å².